The minimum Gasteiger partial charge on any atom is -0.480 e. The van der Waals surface area contributed by atoms with Gasteiger partial charge in [-0.1, -0.05) is 0 Å². The van der Waals surface area contributed by atoms with Crippen molar-refractivity contribution < 1.29 is 23.1 Å². The molecule has 0 radical (unpaired) electrons. The number of nitrogens with one attached hydrogen (secondary N) is 2. The summed E-state index contributed by atoms with van der Waals surface area (Å²) >= 11 is 0. The van der Waals surface area contributed by atoms with Gasteiger partial charge in [0.1, 0.15) is 0 Å². The number of urea groups is 1. The third-order valence-corrected chi connectivity index (χ3v) is 4.56. The van der Waals surface area contributed by atoms with Gasteiger partial charge in [0.15, 0.2) is 0 Å². The molecule has 3 N–H and O–H groups in total. The fourth-order valence-corrected chi connectivity index (χ4v) is 2.60. The monoisotopic (exact) mass is 322 g/mol. The van der Waals surface area contributed by atoms with Crippen molar-refractivity contribution in [3.8, 4) is 0 Å². The van der Waals surface area contributed by atoms with Crippen LogP contribution in [0, 0.1) is 0 Å². The molecule has 0 bridgehead atoms. The molecule has 0 aromatic heterocycles. The first kappa shape index (κ1) is 17.7. The number of rotatable bonds is 6. The first-order valence-corrected chi connectivity index (χ1v) is 8.37. The van der Waals surface area contributed by atoms with Crippen molar-refractivity contribution in [2.24, 2.45) is 0 Å². The van der Waals surface area contributed by atoms with Crippen molar-refractivity contribution in [2.75, 3.05) is 52.1 Å². The van der Waals surface area contributed by atoms with E-state index in [0.29, 0.717) is 32.6 Å². The SMILES string of the molecule is CNS(=O)(=O)CCNC(=O)N1CCCN(CC(=O)O)CC1. The highest BCUT2D eigenvalue weighted by molar-refractivity contribution is 7.89. The van der Waals surface area contributed by atoms with Crippen LogP contribution in [0.2, 0.25) is 0 Å². The molecule has 21 heavy (non-hydrogen) atoms. The molecule has 1 aliphatic rings. The second-order valence-corrected chi connectivity index (χ2v) is 6.81. The van der Waals surface area contributed by atoms with Gasteiger partial charge in [-0.3, -0.25) is 9.69 Å². The Bertz CT molecular complexity index is 467. The summed E-state index contributed by atoms with van der Waals surface area (Å²) in [5, 5.41) is 11.3. The van der Waals surface area contributed by atoms with Crippen molar-refractivity contribution in [3.63, 3.8) is 0 Å². The van der Waals surface area contributed by atoms with E-state index in [9.17, 15) is 18.0 Å². The molecule has 10 heteroatoms. The van der Waals surface area contributed by atoms with Gasteiger partial charge < -0.3 is 15.3 Å². The topological polar surface area (TPSA) is 119 Å². The highest BCUT2D eigenvalue weighted by atomic mass is 32.2. The number of carbonyl (C=O) groups excluding carboxylic acids is 1. The first-order valence-electron chi connectivity index (χ1n) is 6.72. The van der Waals surface area contributed by atoms with Gasteiger partial charge in [-0.05, 0) is 13.5 Å². The van der Waals surface area contributed by atoms with Gasteiger partial charge in [-0.25, -0.2) is 17.9 Å². The van der Waals surface area contributed by atoms with Gasteiger partial charge >= 0.3 is 12.0 Å². The average molecular weight is 322 g/mol. The lowest BCUT2D eigenvalue weighted by atomic mass is 10.4. The molecule has 0 aromatic rings. The number of amides is 2. The number of carboxylic acid groups (broad SMARTS) is 1. The van der Waals surface area contributed by atoms with Crippen LogP contribution in [-0.4, -0.2) is 87.4 Å². The van der Waals surface area contributed by atoms with Crippen LogP contribution in [0.15, 0.2) is 0 Å². The molecule has 1 fully saturated rings. The molecule has 0 aliphatic carbocycles. The van der Waals surface area contributed by atoms with E-state index in [-0.39, 0.29) is 24.9 Å². The molecule has 1 saturated heterocycles. The minimum atomic E-state index is -3.33. The second-order valence-electron chi connectivity index (χ2n) is 4.77. The summed E-state index contributed by atoms with van der Waals surface area (Å²) in [6.07, 6.45) is 0.690. The Hall–Kier alpha value is -1.39. The van der Waals surface area contributed by atoms with E-state index >= 15 is 0 Å². The molecular weight excluding hydrogens is 300 g/mol. The maximum absolute atomic E-state index is 11.9. The van der Waals surface area contributed by atoms with Crippen molar-refractivity contribution in [1.29, 1.82) is 0 Å². The minimum absolute atomic E-state index is 0.0319. The lowest BCUT2D eigenvalue weighted by molar-refractivity contribution is -0.138. The van der Waals surface area contributed by atoms with Crippen molar-refractivity contribution in [3.05, 3.63) is 0 Å². The Morgan fingerprint density at radius 3 is 2.52 bits per heavy atom. The average Bonchev–Trinajstić information content (AvgIpc) is 2.63. The van der Waals surface area contributed by atoms with Gasteiger partial charge in [0.25, 0.3) is 0 Å². The summed E-state index contributed by atoms with van der Waals surface area (Å²) < 4.78 is 24.6. The summed E-state index contributed by atoms with van der Waals surface area (Å²) in [5.41, 5.74) is 0. The molecule has 1 rings (SSSR count). The fraction of sp³-hybridized carbons (Fsp3) is 0.818. The Kier molecular flexibility index (Phi) is 6.85. The summed E-state index contributed by atoms with van der Waals surface area (Å²) in [5.74, 6) is -1.06. The number of carbonyl (C=O) groups is 2. The second kappa shape index (κ2) is 8.15. The van der Waals surface area contributed by atoms with E-state index < -0.39 is 16.0 Å². The van der Waals surface area contributed by atoms with Crippen LogP contribution in [0.4, 0.5) is 4.79 Å². The zero-order valence-corrected chi connectivity index (χ0v) is 12.9. The van der Waals surface area contributed by atoms with Gasteiger partial charge in [0.2, 0.25) is 10.0 Å². The molecule has 0 spiro atoms. The molecule has 0 aromatic carbocycles. The Morgan fingerprint density at radius 1 is 1.19 bits per heavy atom. The van der Waals surface area contributed by atoms with E-state index in [1.807, 2.05) is 0 Å². The summed E-state index contributed by atoms with van der Waals surface area (Å²) in [6.45, 7) is 2.09. The van der Waals surface area contributed by atoms with Crippen LogP contribution < -0.4 is 10.0 Å². The number of hydrogen-bond acceptors (Lipinski definition) is 5. The smallest absolute Gasteiger partial charge is 0.317 e. The predicted molar refractivity (Wildman–Crippen MR) is 76.5 cm³/mol. The normalized spacial score (nSPS) is 17.3. The van der Waals surface area contributed by atoms with Crippen molar-refractivity contribution >= 4 is 22.0 Å². The van der Waals surface area contributed by atoms with E-state index in [0.717, 1.165) is 0 Å². The highest BCUT2D eigenvalue weighted by Gasteiger charge is 2.20. The quantitative estimate of drug-likeness (QED) is 0.538. The molecular formula is C11H22N4O5S. The van der Waals surface area contributed by atoms with E-state index in [1.165, 1.54) is 7.05 Å². The fourth-order valence-electron chi connectivity index (χ4n) is 2.03. The molecule has 1 heterocycles. The zero-order chi connectivity index (χ0) is 15.9. The van der Waals surface area contributed by atoms with E-state index in [2.05, 4.69) is 10.0 Å². The number of sulfonamides is 1. The van der Waals surface area contributed by atoms with Gasteiger partial charge in [-0.15, -0.1) is 0 Å². The summed E-state index contributed by atoms with van der Waals surface area (Å²) in [7, 11) is -2.01. The number of aliphatic carboxylic acids is 1. The number of nitrogens with zero attached hydrogens (tertiary/aromatic N) is 2. The van der Waals surface area contributed by atoms with Crippen LogP contribution >= 0.6 is 0 Å². The standard InChI is InChI=1S/C11H22N4O5S/c1-12-21(19,20)8-3-13-11(18)15-5-2-4-14(6-7-15)9-10(16)17/h12H,2-9H2,1H3,(H,13,18)(H,16,17). The van der Waals surface area contributed by atoms with E-state index in [4.69, 9.17) is 5.11 Å². The van der Waals surface area contributed by atoms with Crippen LogP contribution in [0.1, 0.15) is 6.42 Å². The van der Waals surface area contributed by atoms with Crippen molar-refractivity contribution in [2.45, 2.75) is 6.42 Å². The zero-order valence-electron chi connectivity index (χ0n) is 12.0. The molecule has 0 saturated carbocycles. The predicted octanol–water partition coefficient (Wildman–Crippen LogP) is -1.66. The Morgan fingerprint density at radius 2 is 1.90 bits per heavy atom. The number of carboxylic acids is 1. The highest BCUT2D eigenvalue weighted by Crippen LogP contribution is 2.03. The van der Waals surface area contributed by atoms with Crippen LogP contribution in [0.3, 0.4) is 0 Å². The first-order chi connectivity index (χ1) is 9.84. The van der Waals surface area contributed by atoms with Gasteiger partial charge in [0, 0.05) is 32.7 Å². The maximum atomic E-state index is 11.9. The third kappa shape index (κ3) is 6.74. The lowest BCUT2D eigenvalue weighted by Crippen LogP contribution is -2.44. The van der Waals surface area contributed by atoms with Crippen molar-refractivity contribution in [1.82, 2.24) is 19.8 Å². The molecule has 0 unspecified atom stereocenters. The summed E-state index contributed by atoms with van der Waals surface area (Å²) in [6, 6.07) is -0.321. The molecule has 122 valence electrons. The summed E-state index contributed by atoms with van der Waals surface area (Å²) in [4.78, 5) is 25.9. The lowest BCUT2D eigenvalue weighted by Gasteiger charge is -2.21. The van der Waals surface area contributed by atoms with E-state index in [1.54, 1.807) is 9.80 Å². The van der Waals surface area contributed by atoms with Gasteiger partial charge in [0.05, 0.1) is 12.3 Å². The van der Waals surface area contributed by atoms with Crippen LogP contribution in [-0.2, 0) is 14.8 Å². The third-order valence-electron chi connectivity index (χ3n) is 3.19. The molecule has 0 atom stereocenters. The molecule has 1 aliphatic heterocycles. The van der Waals surface area contributed by atoms with Gasteiger partial charge in [-0.2, -0.15) is 0 Å². The Balaban J connectivity index is 2.36. The van der Waals surface area contributed by atoms with Crippen LogP contribution in [0.25, 0.3) is 0 Å². The molecule has 2 amide bonds. The molecule has 9 nitrogen and oxygen atoms in total. The maximum Gasteiger partial charge on any atom is 0.317 e. The largest absolute Gasteiger partial charge is 0.480 e. The Labute approximate surface area is 124 Å². The number of hydrogen-bond donors (Lipinski definition) is 3. The van der Waals surface area contributed by atoms with Crippen LogP contribution in [0.5, 0.6) is 0 Å².